The lowest BCUT2D eigenvalue weighted by Crippen LogP contribution is -2.30. The summed E-state index contributed by atoms with van der Waals surface area (Å²) in [6.45, 7) is 3.97. The fourth-order valence-corrected chi connectivity index (χ4v) is 3.37. The van der Waals surface area contributed by atoms with Crippen LogP contribution in [0.4, 0.5) is 10.1 Å². The molecule has 0 aliphatic heterocycles. The molecule has 0 radical (unpaired) electrons. The van der Waals surface area contributed by atoms with Crippen molar-refractivity contribution in [3.05, 3.63) is 70.3 Å². The number of nitrogens with one attached hydrogen (secondary N) is 2. The molecule has 3 aromatic rings. The minimum atomic E-state index is -0.245. The van der Waals surface area contributed by atoms with Gasteiger partial charge in [0.2, 0.25) is 0 Å². The van der Waals surface area contributed by atoms with Gasteiger partial charge in [0.25, 0.3) is 0 Å². The molecule has 0 saturated heterocycles. The smallest absolute Gasteiger partial charge is 0.171 e. The zero-order chi connectivity index (χ0) is 17.8. The van der Waals surface area contributed by atoms with Crippen molar-refractivity contribution in [1.82, 2.24) is 10.3 Å². The number of aromatic nitrogens is 1. The first kappa shape index (κ1) is 17.5. The molecule has 1 atom stereocenters. The number of rotatable bonds is 4. The van der Waals surface area contributed by atoms with Gasteiger partial charge in [0.05, 0.1) is 16.7 Å². The number of hydrogen-bond donors (Lipinski definition) is 2. The normalized spacial score (nSPS) is 11.8. The predicted molar refractivity (Wildman–Crippen MR) is 106 cm³/mol. The van der Waals surface area contributed by atoms with Crippen LogP contribution in [0.1, 0.15) is 23.5 Å². The lowest BCUT2D eigenvalue weighted by molar-refractivity contribution is 0.624. The largest absolute Gasteiger partial charge is 0.356 e. The first-order valence-corrected chi connectivity index (χ1v) is 9.15. The summed E-state index contributed by atoms with van der Waals surface area (Å²) in [5.41, 5.74) is 3.87. The minimum absolute atomic E-state index is 0.0232. The van der Waals surface area contributed by atoms with Crippen LogP contribution in [0.25, 0.3) is 11.3 Å². The maximum Gasteiger partial charge on any atom is 0.171 e. The molecule has 0 saturated carbocycles. The molecule has 6 heteroatoms. The Morgan fingerprint density at radius 2 is 1.96 bits per heavy atom. The first-order chi connectivity index (χ1) is 12.0. The molecule has 3 nitrogen and oxygen atoms in total. The van der Waals surface area contributed by atoms with Crippen LogP contribution >= 0.6 is 23.6 Å². The molecule has 1 unspecified atom stereocenters. The van der Waals surface area contributed by atoms with Crippen LogP contribution in [0.3, 0.4) is 0 Å². The Morgan fingerprint density at radius 3 is 2.64 bits per heavy atom. The first-order valence-electron chi connectivity index (χ1n) is 7.87. The number of anilines is 1. The highest BCUT2D eigenvalue weighted by molar-refractivity contribution is 7.80. The summed E-state index contributed by atoms with van der Waals surface area (Å²) in [6, 6.07) is 14.3. The summed E-state index contributed by atoms with van der Waals surface area (Å²) < 4.78 is 13.0. The van der Waals surface area contributed by atoms with E-state index in [2.05, 4.69) is 15.6 Å². The van der Waals surface area contributed by atoms with E-state index < -0.39 is 0 Å². The number of hydrogen-bond acceptors (Lipinski definition) is 3. The van der Waals surface area contributed by atoms with Gasteiger partial charge >= 0.3 is 0 Å². The lowest BCUT2D eigenvalue weighted by atomic mass is 10.1. The number of nitrogens with zero attached hydrogens (tertiary/aromatic N) is 1. The molecule has 128 valence electrons. The third kappa shape index (κ3) is 4.61. The standard InChI is InChI=1S/C19H18FN3S2/c1-12(14-6-8-16(20)9-7-14)21-19(24)23-17-5-3-4-15(10-17)18-11-25-13(2)22-18/h3-12H,1-2H3,(H2,21,23,24). The average Bonchev–Trinajstić information content (AvgIpc) is 3.02. The third-order valence-corrected chi connectivity index (χ3v) is 4.75. The summed E-state index contributed by atoms with van der Waals surface area (Å²) in [5, 5.41) is 10.0. The molecule has 2 aromatic carbocycles. The Balaban J connectivity index is 1.65. The topological polar surface area (TPSA) is 37.0 Å². The molecule has 3 rings (SSSR count). The molecule has 0 spiro atoms. The van der Waals surface area contributed by atoms with E-state index in [4.69, 9.17) is 12.2 Å². The molecule has 0 fully saturated rings. The van der Waals surface area contributed by atoms with Crippen LogP contribution in [0.15, 0.2) is 53.9 Å². The van der Waals surface area contributed by atoms with Gasteiger partial charge in [-0.15, -0.1) is 11.3 Å². The predicted octanol–water partition coefficient (Wildman–Crippen LogP) is 5.31. The maximum absolute atomic E-state index is 13.0. The summed E-state index contributed by atoms with van der Waals surface area (Å²) in [4.78, 5) is 4.51. The van der Waals surface area contributed by atoms with Crippen molar-refractivity contribution in [2.24, 2.45) is 0 Å². The van der Waals surface area contributed by atoms with Gasteiger partial charge in [-0.25, -0.2) is 9.37 Å². The van der Waals surface area contributed by atoms with E-state index in [9.17, 15) is 4.39 Å². The molecule has 0 aliphatic rings. The number of aryl methyl sites for hydroxylation is 1. The second-order valence-corrected chi connectivity index (χ2v) is 7.17. The van der Waals surface area contributed by atoms with Gasteiger partial charge in [-0.05, 0) is 55.9 Å². The van der Waals surface area contributed by atoms with Gasteiger partial charge in [0.15, 0.2) is 5.11 Å². The van der Waals surface area contributed by atoms with E-state index in [0.29, 0.717) is 5.11 Å². The van der Waals surface area contributed by atoms with Crippen molar-refractivity contribution in [3.8, 4) is 11.3 Å². The van der Waals surface area contributed by atoms with Crippen LogP contribution in [-0.4, -0.2) is 10.1 Å². The molecule has 1 heterocycles. The van der Waals surface area contributed by atoms with Crippen LogP contribution in [0, 0.1) is 12.7 Å². The van der Waals surface area contributed by atoms with Gasteiger partial charge in [0.1, 0.15) is 5.82 Å². The summed E-state index contributed by atoms with van der Waals surface area (Å²) in [5.74, 6) is -0.245. The highest BCUT2D eigenvalue weighted by Crippen LogP contribution is 2.24. The number of halogens is 1. The molecule has 2 N–H and O–H groups in total. The fourth-order valence-electron chi connectivity index (χ4n) is 2.45. The zero-order valence-electron chi connectivity index (χ0n) is 13.9. The second kappa shape index (κ2) is 7.72. The van der Waals surface area contributed by atoms with Crippen molar-refractivity contribution in [1.29, 1.82) is 0 Å². The zero-order valence-corrected chi connectivity index (χ0v) is 15.5. The van der Waals surface area contributed by atoms with E-state index in [1.54, 1.807) is 23.5 Å². The molecule has 0 bridgehead atoms. The summed E-state index contributed by atoms with van der Waals surface area (Å²) >= 11 is 7.02. The monoisotopic (exact) mass is 371 g/mol. The SMILES string of the molecule is Cc1nc(-c2cccc(NC(=S)NC(C)c3ccc(F)cc3)c2)cs1. The van der Waals surface area contributed by atoms with Crippen LogP contribution < -0.4 is 10.6 Å². The van der Waals surface area contributed by atoms with Gasteiger partial charge < -0.3 is 10.6 Å². The van der Waals surface area contributed by atoms with Crippen molar-refractivity contribution in [2.45, 2.75) is 19.9 Å². The van der Waals surface area contributed by atoms with Crippen LogP contribution in [0.2, 0.25) is 0 Å². The maximum atomic E-state index is 13.0. The molecule has 0 amide bonds. The highest BCUT2D eigenvalue weighted by atomic mass is 32.1. The summed E-state index contributed by atoms with van der Waals surface area (Å²) in [7, 11) is 0. The van der Waals surface area contributed by atoms with Gasteiger partial charge in [0, 0.05) is 16.6 Å². The number of thiocarbonyl (C=S) groups is 1. The molecule has 1 aromatic heterocycles. The van der Waals surface area contributed by atoms with Crippen LogP contribution in [0.5, 0.6) is 0 Å². The molecule has 0 aliphatic carbocycles. The number of benzene rings is 2. The average molecular weight is 372 g/mol. The Hall–Kier alpha value is -2.31. The minimum Gasteiger partial charge on any atom is -0.356 e. The fraction of sp³-hybridized carbons (Fsp3) is 0.158. The van der Waals surface area contributed by atoms with Crippen molar-refractivity contribution in [2.75, 3.05) is 5.32 Å². The quantitative estimate of drug-likeness (QED) is 0.610. The molecular weight excluding hydrogens is 353 g/mol. The summed E-state index contributed by atoms with van der Waals surface area (Å²) in [6.07, 6.45) is 0. The Kier molecular flexibility index (Phi) is 5.40. The van der Waals surface area contributed by atoms with Gasteiger partial charge in [-0.2, -0.15) is 0 Å². The van der Waals surface area contributed by atoms with Crippen LogP contribution in [-0.2, 0) is 0 Å². The van der Waals surface area contributed by atoms with Crippen molar-refractivity contribution < 1.29 is 4.39 Å². The third-order valence-electron chi connectivity index (χ3n) is 3.75. The van der Waals surface area contributed by atoms with Gasteiger partial charge in [-0.1, -0.05) is 24.3 Å². The van der Waals surface area contributed by atoms with E-state index in [-0.39, 0.29) is 11.9 Å². The van der Waals surface area contributed by atoms with E-state index in [0.717, 1.165) is 27.5 Å². The van der Waals surface area contributed by atoms with Crippen molar-refractivity contribution in [3.63, 3.8) is 0 Å². The van der Waals surface area contributed by atoms with E-state index in [1.165, 1.54) is 12.1 Å². The number of thiazole rings is 1. The van der Waals surface area contributed by atoms with E-state index >= 15 is 0 Å². The second-order valence-electron chi connectivity index (χ2n) is 5.70. The van der Waals surface area contributed by atoms with E-state index in [1.807, 2.05) is 43.5 Å². The Bertz CT molecular complexity index is 874. The Morgan fingerprint density at radius 1 is 1.20 bits per heavy atom. The van der Waals surface area contributed by atoms with Gasteiger partial charge in [-0.3, -0.25) is 0 Å². The highest BCUT2D eigenvalue weighted by Gasteiger charge is 2.08. The molecular formula is C19H18FN3S2. The van der Waals surface area contributed by atoms with Crippen molar-refractivity contribution >= 4 is 34.4 Å². The Labute approximate surface area is 155 Å². The lowest BCUT2D eigenvalue weighted by Gasteiger charge is -2.17. The molecule has 25 heavy (non-hydrogen) atoms.